The van der Waals surface area contributed by atoms with Gasteiger partial charge in [0.25, 0.3) is 0 Å². The van der Waals surface area contributed by atoms with E-state index in [0.29, 0.717) is 11.9 Å². The van der Waals surface area contributed by atoms with Crippen LogP contribution in [0, 0.1) is 13.8 Å². The van der Waals surface area contributed by atoms with Crippen molar-refractivity contribution >= 4 is 23.5 Å². The molecule has 1 amide bonds. The lowest BCUT2D eigenvalue weighted by Gasteiger charge is -2.23. The van der Waals surface area contributed by atoms with Crippen LogP contribution in [0.15, 0.2) is 18.2 Å². The fourth-order valence-corrected chi connectivity index (χ4v) is 3.37. The number of hydrogen-bond donors (Lipinski definition) is 1. The molecule has 0 aliphatic carbocycles. The summed E-state index contributed by atoms with van der Waals surface area (Å²) in [6, 6.07) is 6.13. The highest BCUT2D eigenvalue weighted by Gasteiger charge is 2.19. The lowest BCUT2D eigenvalue weighted by Crippen LogP contribution is -2.33. The van der Waals surface area contributed by atoms with Crippen LogP contribution in [0.2, 0.25) is 0 Å². The average molecular weight is 399 g/mol. The van der Waals surface area contributed by atoms with Gasteiger partial charge in [-0.3, -0.25) is 4.79 Å². The minimum absolute atomic E-state index is 0.125. The van der Waals surface area contributed by atoms with Gasteiger partial charge in [0, 0.05) is 25.8 Å². The number of anilines is 3. The van der Waals surface area contributed by atoms with Gasteiger partial charge in [0.05, 0.1) is 13.7 Å². The summed E-state index contributed by atoms with van der Waals surface area (Å²) in [6.45, 7) is 5.99. The predicted molar refractivity (Wildman–Crippen MR) is 115 cm³/mol. The molecule has 0 saturated carbocycles. The molecule has 0 radical (unpaired) electrons. The molecule has 1 saturated heterocycles. The second kappa shape index (κ2) is 9.54. The monoisotopic (exact) mass is 398 g/mol. The van der Waals surface area contributed by atoms with Crippen molar-refractivity contribution in [3.63, 3.8) is 0 Å². The van der Waals surface area contributed by atoms with Crippen LogP contribution in [0.25, 0.3) is 0 Å². The van der Waals surface area contributed by atoms with Crippen molar-refractivity contribution in [1.29, 1.82) is 0 Å². The van der Waals surface area contributed by atoms with Crippen LogP contribution in [0.5, 0.6) is 6.01 Å². The highest BCUT2D eigenvalue weighted by atomic mass is 16.5. The van der Waals surface area contributed by atoms with Gasteiger partial charge in [-0.05, 0) is 43.9 Å². The van der Waals surface area contributed by atoms with Crippen molar-refractivity contribution in [2.24, 2.45) is 0 Å². The molecule has 1 aliphatic heterocycles. The first-order valence-electron chi connectivity index (χ1n) is 10.1. The zero-order valence-corrected chi connectivity index (χ0v) is 17.7. The third kappa shape index (κ3) is 5.34. The number of amides is 1. The van der Waals surface area contributed by atoms with Gasteiger partial charge in [-0.1, -0.05) is 25.0 Å². The van der Waals surface area contributed by atoms with E-state index in [9.17, 15) is 4.79 Å². The molecule has 0 spiro atoms. The second-order valence-electron chi connectivity index (χ2n) is 7.48. The Kier molecular flexibility index (Phi) is 6.85. The number of benzene rings is 1. The first-order chi connectivity index (χ1) is 14.0. The standard InChI is InChI=1S/C21H30N6O2/c1-15-10-9-11-17(16(15)2)22-18(28)14-26(3)19-23-20(25-21(24-19)29-4)27-12-7-5-6-8-13-27/h9-11H,5-8,12-14H2,1-4H3,(H,22,28). The molecule has 2 aromatic rings. The number of hydrogen-bond acceptors (Lipinski definition) is 7. The summed E-state index contributed by atoms with van der Waals surface area (Å²) in [4.78, 5) is 29.8. The van der Waals surface area contributed by atoms with Crippen molar-refractivity contribution in [2.45, 2.75) is 39.5 Å². The SMILES string of the molecule is COc1nc(N(C)CC(=O)Nc2cccc(C)c2C)nc(N2CCCCCC2)n1. The molecule has 1 aromatic carbocycles. The van der Waals surface area contributed by atoms with E-state index < -0.39 is 0 Å². The largest absolute Gasteiger partial charge is 0.467 e. The van der Waals surface area contributed by atoms with Gasteiger partial charge in [0.1, 0.15) is 0 Å². The Bertz CT molecular complexity index is 849. The van der Waals surface area contributed by atoms with Gasteiger partial charge in [-0.2, -0.15) is 15.0 Å². The lowest BCUT2D eigenvalue weighted by molar-refractivity contribution is -0.114. The molecule has 1 N–H and O–H groups in total. The smallest absolute Gasteiger partial charge is 0.322 e. The molecule has 8 nitrogen and oxygen atoms in total. The van der Waals surface area contributed by atoms with Crippen LogP contribution in [-0.2, 0) is 4.79 Å². The lowest BCUT2D eigenvalue weighted by atomic mass is 10.1. The number of carbonyl (C=O) groups excluding carboxylic acids is 1. The van der Waals surface area contributed by atoms with Gasteiger partial charge in [-0.15, -0.1) is 0 Å². The topological polar surface area (TPSA) is 83.5 Å². The number of likely N-dealkylation sites (N-methyl/N-ethyl adjacent to an activating group) is 1. The third-order valence-electron chi connectivity index (χ3n) is 5.26. The second-order valence-corrected chi connectivity index (χ2v) is 7.48. The van der Waals surface area contributed by atoms with Gasteiger partial charge in [-0.25, -0.2) is 0 Å². The third-order valence-corrected chi connectivity index (χ3v) is 5.26. The summed E-state index contributed by atoms with van der Waals surface area (Å²) in [7, 11) is 3.34. The summed E-state index contributed by atoms with van der Waals surface area (Å²) in [5.74, 6) is 0.902. The molecule has 156 valence electrons. The van der Waals surface area contributed by atoms with Gasteiger partial charge in [0.15, 0.2) is 0 Å². The summed E-state index contributed by atoms with van der Waals surface area (Å²) in [6.07, 6.45) is 4.70. The highest BCUT2D eigenvalue weighted by molar-refractivity contribution is 5.94. The van der Waals surface area contributed by atoms with Crippen molar-refractivity contribution in [3.05, 3.63) is 29.3 Å². The van der Waals surface area contributed by atoms with E-state index in [1.54, 1.807) is 19.1 Å². The van der Waals surface area contributed by atoms with Crippen molar-refractivity contribution in [3.8, 4) is 6.01 Å². The fourth-order valence-electron chi connectivity index (χ4n) is 3.37. The molecule has 1 aliphatic rings. The van der Waals surface area contributed by atoms with E-state index >= 15 is 0 Å². The average Bonchev–Trinajstić information content (AvgIpc) is 3.00. The molecule has 29 heavy (non-hydrogen) atoms. The van der Waals surface area contributed by atoms with Gasteiger partial charge < -0.3 is 19.9 Å². The van der Waals surface area contributed by atoms with Crippen LogP contribution in [0.3, 0.4) is 0 Å². The Balaban J connectivity index is 1.73. The van der Waals surface area contributed by atoms with Crippen LogP contribution in [0.4, 0.5) is 17.6 Å². The zero-order valence-electron chi connectivity index (χ0n) is 17.7. The van der Waals surface area contributed by atoms with E-state index in [-0.39, 0.29) is 18.5 Å². The maximum atomic E-state index is 12.6. The first kappa shape index (κ1) is 20.8. The minimum atomic E-state index is -0.128. The Morgan fingerprint density at radius 1 is 1.14 bits per heavy atom. The molecular formula is C21H30N6O2. The number of carbonyl (C=O) groups is 1. The normalized spacial score (nSPS) is 14.3. The molecule has 1 fully saturated rings. The van der Waals surface area contributed by atoms with Crippen LogP contribution < -0.4 is 19.9 Å². The van der Waals surface area contributed by atoms with Crippen LogP contribution in [-0.4, -0.2) is 54.7 Å². The van der Waals surface area contributed by atoms with Crippen molar-refractivity contribution in [1.82, 2.24) is 15.0 Å². The fraction of sp³-hybridized carbons (Fsp3) is 0.524. The number of nitrogens with zero attached hydrogens (tertiary/aromatic N) is 5. The number of methoxy groups -OCH3 is 1. The van der Waals surface area contributed by atoms with Crippen molar-refractivity contribution < 1.29 is 9.53 Å². The maximum absolute atomic E-state index is 12.6. The minimum Gasteiger partial charge on any atom is -0.467 e. The molecular weight excluding hydrogens is 368 g/mol. The quantitative estimate of drug-likeness (QED) is 0.801. The number of nitrogens with one attached hydrogen (secondary N) is 1. The molecule has 1 aromatic heterocycles. The van der Waals surface area contributed by atoms with Gasteiger partial charge in [0.2, 0.25) is 17.8 Å². The molecule has 0 unspecified atom stereocenters. The molecule has 0 atom stereocenters. The highest BCUT2D eigenvalue weighted by Crippen LogP contribution is 2.21. The maximum Gasteiger partial charge on any atom is 0.322 e. The Morgan fingerprint density at radius 2 is 1.86 bits per heavy atom. The van der Waals surface area contributed by atoms with E-state index in [1.165, 1.54) is 12.8 Å². The molecule has 3 rings (SSSR count). The first-order valence-corrected chi connectivity index (χ1v) is 10.1. The van der Waals surface area contributed by atoms with Gasteiger partial charge >= 0.3 is 6.01 Å². The number of aryl methyl sites for hydroxylation is 1. The van der Waals surface area contributed by atoms with E-state index in [1.807, 2.05) is 32.0 Å². The summed E-state index contributed by atoms with van der Waals surface area (Å²) in [5, 5.41) is 2.97. The summed E-state index contributed by atoms with van der Waals surface area (Å²) < 4.78 is 5.28. The van der Waals surface area contributed by atoms with Crippen molar-refractivity contribution in [2.75, 3.05) is 48.9 Å². The summed E-state index contributed by atoms with van der Waals surface area (Å²) >= 11 is 0. The number of rotatable bonds is 6. The number of ether oxygens (including phenoxy) is 1. The van der Waals surface area contributed by atoms with E-state index in [0.717, 1.165) is 42.7 Å². The number of aromatic nitrogens is 3. The summed E-state index contributed by atoms with van der Waals surface area (Å²) in [5.41, 5.74) is 3.02. The van der Waals surface area contributed by atoms with Crippen LogP contribution >= 0.6 is 0 Å². The molecule has 8 heteroatoms. The zero-order chi connectivity index (χ0) is 20.8. The Hall–Kier alpha value is -2.90. The molecule has 0 bridgehead atoms. The Morgan fingerprint density at radius 3 is 2.55 bits per heavy atom. The van der Waals surface area contributed by atoms with Crippen LogP contribution in [0.1, 0.15) is 36.8 Å². The van der Waals surface area contributed by atoms with E-state index in [2.05, 4.69) is 25.2 Å². The Labute approximate surface area is 172 Å². The predicted octanol–water partition coefficient (Wildman–Crippen LogP) is 2.95. The van der Waals surface area contributed by atoms with E-state index in [4.69, 9.17) is 4.74 Å². The molecule has 2 heterocycles.